The van der Waals surface area contributed by atoms with E-state index in [1.165, 1.54) is 42.5 Å². The molecule has 0 spiro atoms. The number of esters is 1. The highest BCUT2D eigenvalue weighted by molar-refractivity contribution is 7.90. The standard InChI is InChI=1S/C18H11Cl2FN2O4S/c19-12-5-7-13(8-6-12)27-17(24)16-14(20)9-22-18(23-16)28(25,26)10-11-3-1-2-4-15(11)21/h1-9H,10H2. The first-order valence-corrected chi connectivity index (χ1v) is 10.1. The molecule has 0 aliphatic carbocycles. The van der Waals surface area contributed by atoms with Crippen molar-refractivity contribution in [2.24, 2.45) is 0 Å². The Bertz CT molecular complexity index is 1140. The summed E-state index contributed by atoms with van der Waals surface area (Å²) in [6.07, 6.45) is 0.973. The van der Waals surface area contributed by atoms with Crippen molar-refractivity contribution in [1.29, 1.82) is 0 Å². The van der Waals surface area contributed by atoms with E-state index >= 15 is 0 Å². The average Bonchev–Trinajstić information content (AvgIpc) is 2.65. The lowest BCUT2D eigenvalue weighted by Gasteiger charge is -2.08. The predicted molar refractivity (Wildman–Crippen MR) is 101 cm³/mol. The molecule has 0 unspecified atom stereocenters. The van der Waals surface area contributed by atoms with Crippen LogP contribution in [0.2, 0.25) is 10.0 Å². The van der Waals surface area contributed by atoms with Crippen molar-refractivity contribution in [3.05, 3.63) is 81.8 Å². The molecule has 0 bridgehead atoms. The Hall–Kier alpha value is -2.55. The van der Waals surface area contributed by atoms with E-state index < -0.39 is 38.2 Å². The maximum atomic E-state index is 13.8. The lowest BCUT2D eigenvalue weighted by atomic mass is 10.2. The van der Waals surface area contributed by atoms with Crippen LogP contribution < -0.4 is 4.74 Å². The molecule has 144 valence electrons. The number of rotatable bonds is 5. The molecule has 0 aliphatic rings. The highest BCUT2D eigenvalue weighted by Crippen LogP contribution is 2.21. The number of ether oxygens (including phenoxy) is 1. The number of sulfone groups is 1. The largest absolute Gasteiger partial charge is 0.422 e. The Morgan fingerprint density at radius 1 is 1.07 bits per heavy atom. The Balaban J connectivity index is 1.89. The number of nitrogens with zero attached hydrogens (tertiary/aromatic N) is 2. The highest BCUT2D eigenvalue weighted by Gasteiger charge is 2.25. The lowest BCUT2D eigenvalue weighted by Crippen LogP contribution is -2.16. The topological polar surface area (TPSA) is 86.2 Å². The molecule has 10 heteroatoms. The summed E-state index contributed by atoms with van der Waals surface area (Å²) in [6.45, 7) is 0. The fourth-order valence-corrected chi connectivity index (χ4v) is 3.70. The van der Waals surface area contributed by atoms with Gasteiger partial charge in [0.15, 0.2) is 5.69 Å². The van der Waals surface area contributed by atoms with E-state index in [1.54, 1.807) is 0 Å². The number of aromatic nitrogens is 2. The van der Waals surface area contributed by atoms with Gasteiger partial charge in [-0.15, -0.1) is 0 Å². The van der Waals surface area contributed by atoms with E-state index in [0.717, 1.165) is 12.3 Å². The minimum Gasteiger partial charge on any atom is -0.422 e. The molecule has 0 saturated heterocycles. The van der Waals surface area contributed by atoms with Gasteiger partial charge in [-0.2, -0.15) is 0 Å². The maximum Gasteiger partial charge on any atom is 0.364 e. The van der Waals surface area contributed by atoms with Crippen molar-refractivity contribution >= 4 is 39.0 Å². The Kier molecular flexibility index (Phi) is 5.93. The molecule has 0 radical (unpaired) electrons. The zero-order chi connectivity index (χ0) is 20.3. The summed E-state index contributed by atoms with van der Waals surface area (Å²) in [7, 11) is -4.13. The number of hydrogen-bond acceptors (Lipinski definition) is 6. The van der Waals surface area contributed by atoms with Gasteiger partial charge in [-0.05, 0) is 30.3 Å². The summed E-state index contributed by atoms with van der Waals surface area (Å²) in [5.41, 5.74) is -0.481. The van der Waals surface area contributed by atoms with E-state index in [1.807, 2.05) is 0 Å². The molecule has 2 aromatic carbocycles. The Morgan fingerprint density at radius 2 is 1.75 bits per heavy atom. The van der Waals surface area contributed by atoms with Crippen LogP contribution in [-0.2, 0) is 15.6 Å². The quantitative estimate of drug-likeness (QED) is 0.337. The minimum absolute atomic E-state index is 0.0497. The van der Waals surface area contributed by atoms with Gasteiger partial charge in [0, 0.05) is 10.6 Å². The molecule has 0 aliphatic heterocycles. The molecule has 1 heterocycles. The summed E-state index contributed by atoms with van der Waals surface area (Å²) in [5, 5.41) is -0.409. The zero-order valence-corrected chi connectivity index (χ0v) is 16.3. The zero-order valence-electron chi connectivity index (χ0n) is 14.0. The summed E-state index contributed by atoms with van der Waals surface area (Å²) in [5.74, 6) is -2.16. The van der Waals surface area contributed by atoms with Gasteiger partial charge in [0.25, 0.3) is 0 Å². The van der Waals surface area contributed by atoms with Crippen LogP contribution in [0.4, 0.5) is 4.39 Å². The van der Waals surface area contributed by atoms with E-state index in [9.17, 15) is 17.6 Å². The van der Waals surface area contributed by atoms with Crippen LogP contribution in [0.15, 0.2) is 59.9 Å². The first-order valence-electron chi connectivity index (χ1n) is 7.73. The average molecular weight is 441 g/mol. The molecule has 0 fully saturated rings. The summed E-state index contributed by atoms with van der Waals surface area (Å²) in [6, 6.07) is 11.3. The molecule has 28 heavy (non-hydrogen) atoms. The van der Waals surface area contributed by atoms with Crippen molar-refractivity contribution in [2.75, 3.05) is 0 Å². The van der Waals surface area contributed by atoms with Gasteiger partial charge in [0.2, 0.25) is 15.0 Å². The van der Waals surface area contributed by atoms with E-state index in [4.69, 9.17) is 27.9 Å². The van der Waals surface area contributed by atoms with Crippen LogP contribution in [0.1, 0.15) is 16.1 Å². The van der Waals surface area contributed by atoms with E-state index in [2.05, 4.69) is 9.97 Å². The number of carbonyl (C=O) groups excluding carboxylic acids is 1. The van der Waals surface area contributed by atoms with Crippen LogP contribution in [0.5, 0.6) is 5.75 Å². The number of benzene rings is 2. The highest BCUT2D eigenvalue weighted by atomic mass is 35.5. The molecule has 0 amide bonds. The van der Waals surface area contributed by atoms with E-state index in [-0.39, 0.29) is 16.3 Å². The summed E-state index contributed by atoms with van der Waals surface area (Å²) in [4.78, 5) is 19.7. The van der Waals surface area contributed by atoms with Crippen molar-refractivity contribution in [1.82, 2.24) is 9.97 Å². The lowest BCUT2D eigenvalue weighted by molar-refractivity contribution is 0.0727. The predicted octanol–water partition coefficient (Wildman–Crippen LogP) is 4.12. The van der Waals surface area contributed by atoms with Gasteiger partial charge < -0.3 is 4.74 Å². The summed E-state index contributed by atoms with van der Waals surface area (Å²) < 4.78 is 44.0. The van der Waals surface area contributed by atoms with Crippen LogP contribution in [0.3, 0.4) is 0 Å². The second kappa shape index (κ2) is 8.22. The Morgan fingerprint density at radius 3 is 2.43 bits per heavy atom. The van der Waals surface area contributed by atoms with Gasteiger partial charge in [-0.1, -0.05) is 41.4 Å². The molecule has 3 rings (SSSR count). The molecule has 0 saturated carbocycles. The molecular weight excluding hydrogens is 430 g/mol. The summed E-state index contributed by atoms with van der Waals surface area (Å²) >= 11 is 11.7. The van der Waals surface area contributed by atoms with Crippen LogP contribution in [-0.4, -0.2) is 24.4 Å². The normalized spacial score (nSPS) is 11.2. The van der Waals surface area contributed by atoms with Gasteiger partial charge in [-0.25, -0.2) is 27.6 Å². The third kappa shape index (κ3) is 4.64. The van der Waals surface area contributed by atoms with Crippen molar-refractivity contribution in [3.63, 3.8) is 0 Å². The van der Waals surface area contributed by atoms with Gasteiger partial charge in [0.1, 0.15) is 11.6 Å². The molecule has 1 aromatic heterocycles. The van der Waals surface area contributed by atoms with Gasteiger partial charge >= 0.3 is 5.97 Å². The smallest absolute Gasteiger partial charge is 0.364 e. The van der Waals surface area contributed by atoms with Crippen molar-refractivity contribution in [3.8, 4) is 5.75 Å². The van der Waals surface area contributed by atoms with Crippen molar-refractivity contribution < 1.29 is 22.3 Å². The monoisotopic (exact) mass is 440 g/mol. The number of carbonyl (C=O) groups is 1. The molecule has 6 nitrogen and oxygen atoms in total. The van der Waals surface area contributed by atoms with Crippen molar-refractivity contribution in [2.45, 2.75) is 10.9 Å². The first kappa shape index (κ1) is 20.2. The molecule has 3 aromatic rings. The fraction of sp³-hybridized carbons (Fsp3) is 0.0556. The second-order valence-corrected chi connectivity index (χ2v) is 8.27. The third-order valence-corrected chi connectivity index (χ3v) is 5.49. The second-order valence-electron chi connectivity index (χ2n) is 5.54. The van der Waals surface area contributed by atoms with Crippen LogP contribution in [0.25, 0.3) is 0 Å². The van der Waals surface area contributed by atoms with Crippen LogP contribution in [0, 0.1) is 5.82 Å². The van der Waals surface area contributed by atoms with Gasteiger partial charge in [0.05, 0.1) is 17.0 Å². The van der Waals surface area contributed by atoms with E-state index in [0.29, 0.717) is 5.02 Å². The van der Waals surface area contributed by atoms with Crippen LogP contribution >= 0.6 is 23.2 Å². The maximum absolute atomic E-state index is 13.8. The molecule has 0 atom stereocenters. The number of hydrogen-bond donors (Lipinski definition) is 0. The fourth-order valence-electron chi connectivity index (χ4n) is 2.19. The molecular formula is C18H11Cl2FN2O4S. The molecule has 0 N–H and O–H groups in total. The first-order chi connectivity index (χ1) is 13.3. The number of halogens is 3. The SMILES string of the molecule is O=C(Oc1ccc(Cl)cc1)c1nc(S(=O)(=O)Cc2ccccc2F)ncc1Cl. The minimum atomic E-state index is -4.13. The third-order valence-electron chi connectivity index (χ3n) is 3.52. The van der Waals surface area contributed by atoms with Gasteiger partial charge in [-0.3, -0.25) is 0 Å². The Labute approximate surface area is 169 Å².